The topological polar surface area (TPSA) is 240 Å². The van der Waals surface area contributed by atoms with E-state index in [-0.39, 0.29) is 43.9 Å². The van der Waals surface area contributed by atoms with Crippen LogP contribution in [0.3, 0.4) is 0 Å². The third kappa shape index (κ3) is 9.64. The average Bonchev–Trinajstić information content (AvgIpc) is 3.32. The molecule has 3 aliphatic carbocycles. The van der Waals surface area contributed by atoms with Crippen molar-refractivity contribution in [2.75, 3.05) is 26.3 Å². The number of ether oxygens (including phenoxy) is 7. The van der Waals surface area contributed by atoms with Gasteiger partial charge in [0.1, 0.15) is 30.0 Å². The van der Waals surface area contributed by atoms with Crippen LogP contribution in [0, 0.1) is 16.7 Å². The van der Waals surface area contributed by atoms with E-state index in [0.29, 0.717) is 16.7 Å². The first-order valence-electron chi connectivity index (χ1n) is 23.9. The summed E-state index contributed by atoms with van der Waals surface area (Å²) in [5.41, 5.74) is 0.467. The Morgan fingerprint density at radius 3 is 2.04 bits per heavy atom. The summed E-state index contributed by atoms with van der Waals surface area (Å²) in [4.78, 5) is 70.6. The molecule has 1 heterocycles. The number of rotatable bonds is 17. The highest BCUT2D eigenvalue weighted by Gasteiger charge is 2.78. The molecule has 0 spiro atoms. The molecule has 3 aromatic carbocycles. The van der Waals surface area contributed by atoms with Crippen molar-refractivity contribution in [1.29, 1.82) is 0 Å². The van der Waals surface area contributed by atoms with Gasteiger partial charge in [0.2, 0.25) is 0 Å². The first-order chi connectivity index (χ1) is 33.2. The average molecular weight is 970 g/mol. The smallest absolute Gasteiger partial charge is 0.338 e. The van der Waals surface area contributed by atoms with Gasteiger partial charge < -0.3 is 59.7 Å². The molecule has 0 radical (unpaired) electrons. The fourth-order valence-electron chi connectivity index (χ4n) is 11.6. The van der Waals surface area contributed by atoms with E-state index in [1.54, 1.807) is 133 Å². The van der Waals surface area contributed by atoms with Crippen LogP contribution in [0.15, 0.2) is 102 Å². The monoisotopic (exact) mass is 969 g/mol. The van der Waals surface area contributed by atoms with Gasteiger partial charge in [0, 0.05) is 62.4 Å². The predicted molar refractivity (Wildman–Crippen MR) is 253 cm³/mol. The lowest BCUT2D eigenvalue weighted by Gasteiger charge is -2.69. The van der Waals surface area contributed by atoms with Crippen LogP contribution in [0.2, 0.25) is 0 Å². The standard InChI is InChI=1S/C53H67N3O14/c1-9-64-33(5)67-43(41(34-19-13-10-14-20-34)56-47(60)35-21-15-11-16-22-35)49(62)68-37-28-53(63)46(69-48(61)36-23-17-12-18-24-36)44-51(8,45(59)42(66-31(3)57)40(30(37)2)50(53,6)7)38(55-26-25-54)27-39-52(44,29-65-39)70-32(4)58/h10-24,33,37-39,41-46,55,59,63H,9,25-29,54H2,1-8H3,(H,56,60)/t33?,37-,38-,39+,41-,42+,43+,44-,45-,46-,51+,52-,53+/m0/s1. The van der Waals surface area contributed by atoms with Crippen LogP contribution < -0.4 is 16.4 Å². The Bertz CT molecular complexity index is 2400. The molecular formula is C53H67N3O14. The van der Waals surface area contributed by atoms with Crippen LogP contribution in [-0.2, 0) is 47.5 Å². The van der Waals surface area contributed by atoms with E-state index in [9.17, 15) is 29.4 Å². The van der Waals surface area contributed by atoms with Crippen LogP contribution in [0.25, 0.3) is 0 Å². The molecule has 1 aliphatic heterocycles. The zero-order valence-corrected chi connectivity index (χ0v) is 41.0. The number of carbonyl (C=O) groups excluding carboxylic acids is 5. The fourth-order valence-corrected chi connectivity index (χ4v) is 11.6. The predicted octanol–water partition coefficient (Wildman–Crippen LogP) is 4.49. The van der Waals surface area contributed by atoms with E-state index in [1.165, 1.54) is 13.8 Å². The number of nitrogens with one attached hydrogen (secondary N) is 2. The molecule has 2 bridgehead atoms. The summed E-state index contributed by atoms with van der Waals surface area (Å²) < 4.78 is 44.1. The molecule has 3 aromatic rings. The second-order valence-electron chi connectivity index (χ2n) is 19.5. The number of esters is 4. The molecule has 17 nitrogen and oxygen atoms in total. The van der Waals surface area contributed by atoms with Gasteiger partial charge in [-0.05, 0) is 68.2 Å². The maximum atomic E-state index is 15.3. The quantitative estimate of drug-likeness (QED) is 0.0542. The minimum absolute atomic E-state index is 0.140. The molecule has 17 heteroatoms. The minimum Gasteiger partial charge on any atom is -0.456 e. The molecule has 2 saturated carbocycles. The maximum absolute atomic E-state index is 15.3. The molecule has 7 rings (SSSR count). The SMILES string of the molecule is CCOC(C)O[C@@H](C(=O)O[C@H]1C[C@@]2(O)[C@@H](OC(=O)c3ccccc3)[C@@H]3[C@]4(OC(C)=O)CO[C@@H]4C[C@H](NCCN)[C@@]3(C)[C@@H](O)[C@H](OC(C)=O)C(=C1C)C2(C)C)[C@@H](NC(=O)c1ccccc1)c1ccccc1. The normalized spacial score (nSPS) is 31.1. The largest absolute Gasteiger partial charge is 0.456 e. The summed E-state index contributed by atoms with van der Waals surface area (Å²) in [6, 6.07) is 23.5. The molecule has 0 aromatic heterocycles. The summed E-state index contributed by atoms with van der Waals surface area (Å²) in [5, 5.41) is 33.9. The number of amides is 1. The number of fused-ring (bicyclic) bond motifs is 5. The number of hydrogen-bond acceptors (Lipinski definition) is 16. The molecule has 1 unspecified atom stereocenters. The molecule has 6 N–H and O–H groups in total. The number of aliphatic hydroxyl groups is 2. The first-order valence-corrected chi connectivity index (χ1v) is 23.9. The van der Waals surface area contributed by atoms with Crippen LogP contribution >= 0.6 is 0 Å². The van der Waals surface area contributed by atoms with Gasteiger partial charge in [-0.2, -0.15) is 0 Å². The Balaban J connectivity index is 1.44. The minimum atomic E-state index is -2.29. The molecule has 13 atom stereocenters. The van der Waals surface area contributed by atoms with Crippen molar-refractivity contribution < 1.29 is 67.3 Å². The molecule has 378 valence electrons. The summed E-state index contributed by atoms with van der Waals surface area (Å²) in [6.45, 7) is 13.0. The zero-order valence-electron chi connectivity index (χ0n) is 41.0. The third-order valence-electron chi connectivity index (χ3n) is 15.0. The Labute approximate surface area is 408 Å². The van der Waals surface area contributed by atoms with Gasteiger partial charge in [-0.3, -0.25) is 14.4 Å². The van der Waals surface area contributed by atoms with Gasteiger partial charge in [0.25, 0.3) is 5.91 Å². The van der Waals surface area contributed by atoms with Crippen molar-refractivity contribution in [2.24, 2.45) is 22.5 Å². The second kappa shape index (κ2) is 21.1. The van der Waals surface area contributed by atoms with Crippen molar-refractivity contribution in [1.82, 2.24) is 10.6 Å². The summed E-state index contributed by atoms with van der Waals surface area (Å²) in [5.74, 6) is -5.08. The fraction of sp³-hybridized carbons (Fsp3) is 0.528. The number of nitrogens with two attached hydrogens (primary N) is 1. The summed E-state index contributed by atoms with van der Waals surface area (Å²) >= 11 is 0. The van der Waals surface area contributed by atoms with E-state index in [1.807, 2.05) is 0 Å². The van der Waals surface area contributed by atoms with E-state index < -0.39 is 119 Å². The van der Waals surface area contributed by atoms with Crippen molar-refractivity contribution in [3.63, 3.8) is 0 Å². The maximum Gasteiger partial charge on any atom is 0.338 e. The van der Waals surface area contributed by atoms with Crippen molar-refractivity contribution >= 4 is 29.8 Å². The van der Waals surface area contributed by atoms with Crippen LogP contribution in [0.5, 0.6) is 0 Å². The highest BCUT2D eigenvalue weighted by Crippen LogP contribution is 2.65. The molecule has 4 aliphatic rings. The number of carbonyl (C=O) groups is 5. The number of hydrogen-bond donors (Lipinski definition) is 5. The van der Waals surface area contributed by atoms with Gasteiger partial charge in [-0.25, -0.2) is 9.59 Å². The highest BCUT2D eigenvalue weighted by atomic mass is 16.7. The Hall–Kier alpha value is -5.53. The van der Waals surface area contributed by atoms with Crippen LogP contribution in [0.4, 0.5) is 0 Å². The summed E-state index contributed by atoms with van der Waals surface area (Å²) in [7, 11) is 0. The molecule has 1 saturated heterocycles. The van der Waals surface area contributed by atoms with Gasteiger partial charge in [0.15, 0.2) is 24.1 Å². The van der Waals surface area contributed by atoms with Gasteiger partial charge in [-0.1, -0.05) is 87.5 Å². The van der Waals surface area contributed by atoms with E-state index in [0.717, 1.165) is 0 Å². The zero-order chi connectivity index (χ0) is 50.8. The first kappa shape index (κ1) is 52.3. The Morgan fingerprint density at radius 2 is 1.49 bits per heavy atom. The molecule has 70 heavy (non-hydrogen) atoms. The van der Waals surface area contributed by atoms with Crippen LogP contribution in [0.1, 0.15) is 101 Å². The van der Waals surface area contributed by atoms with Crippen molar-refractivity contribution in [3.05, 3.63) is 119 Å². The Kier molecular flexibility index (Phi) is 15.7. The number of benzene rings is 3. The molecule has 1 amide bonds. The number of aliphatic hydroxyl groups excluding tert-OH is 1. The third-order valence-corrected chi connectivity index (χ3v) is 15.0. The highest BCUT2D eigenvalue weighted by molar-refractivity contribution is 5.95. The van der Waals surface area contributed by atoms with E-state index >= 15 is 4.79 Å². The van der Waals surface area contributed by atoms with Crippen LogP contribution in [-0.4, -0.2) is 126 Å². The Morgan fingerprint density at radius 1 is 0.871 bits per heavy atom. The van der Waals surface area contributed by atoms with E-state index in [4.69, 9.17) is 38.9 Å². The van der Waals surface area contributed by atoms with E-state index in [2.05, 4.69) is 10.6 Å². The van der Waals surface area contributed by atoms with Crippen molar-refractivity contribution in [3.8, 4) is 0 Å². The second-order valence-corrected chi connectivity index (χ2v) is 19.5. The lowest BCUT2D eigenvalue weighted by Crippen LogP contribution is -2.83. The molecule has 3 fully saturated rings. The lowest BCUT2D eigenvalue weighted by molar-refractivity contribution is -0.353. The van der Waals surface area contributed by atoms with Crippen molar-refractivity contribution in [2.45, 2.75) is 134 Å². The van der Waals surface area contributed by atoms with Gasteiger partial charge in [0.05, 0.1) is 24.1 Å². The summed E-state index contributed by atoms with van der Waals surface area (Å²) in [6.07, 6.45) is -9.93. The molecular weight excluding hydrogens is 903 g/mol. The lowest BCUT2D eigenvalue weighted by atomic mass is 9.43. The van der Waals surface area contributed by atoms with Gasteiger partial charge in [-0.15, -0.1) is 0 Å². The van der Waals surface area contributed by atoms with Gasteiger partial charge >= 0.3 is 23.9 Å².